The van der Waals surface area contributed by atoms with Crippen LogP contribution in [-0.4, -0.2) is 25.2 Å². The first kappa shape index (κ1) is 20.1. The van der Waals surface area contributed by atoms with Crippen molar-refractivity contribution in [2.45, 2.75) is 25.1 Å². The van der Waals surface area contributed by atoms with Gasteiger partial charge in [0, 0.05) is 17.6 Å². The van der Waals surface area contributed by atoms with E-state index in [9.17, 15) is 8.42 Å². The second-order valence-corrected chi connectivity index (χ2v) is 6.87. The minimum atomic E-state index is -3.18. The Kier molecular flexibility index (Phi) is 8.18. The van der Waals surface area contributed by atoms with E-state index >= 15 is 0 Å². The Bertz CT molecular complexity index is 677. The summed E-state index contributed by atoms with van der Waals surface area (Å²) in [5, 5.41) is 0.954. The average Bonchev–Trinajstić information content (AvgIpc) is 2.37. The van der Waals surface area contributed by atoms with Crippen LogP contribution in [0.3, 0.4) is 0 Å². The van der Waals surface area contributed by atoms with Gasteiger partial charge in [-0.15, -0.1) is 24.8 Å². The third kappa shape index (κ3) is 5.79. The molecule has 7 heteroatoms. The molecular formula is C14H20Cl2N2O2S. The zero-order chi connectivity index (χ0) is 13.9. The Morgan fingerprint density at radius 1 is 1.24 bits per heavy atom. The molecule has 2 aromatic rings. The first-order valence-corrected chi connectivity index (χ1v) is 8.12. The molecule has 118 valence electrons. The van der Waals surface area contributed by atoms with Crippen LogP contribution in [0.2, 0.25) is 0 Å². The molecule has 0 fully saturated rings. The van der Waals surface area contributed by atoms with E-state index in [4.69, 9.17) is 5.73 Å². The Morgan fingerprint density at radius 2 is 1.90 bits per heavy atom. The summed E-state index contributed by atoms with van der Waals surface area (Å²) in [4.78, 5) is 4.27. The molecule has 2 rings (SSSR count). The highest BCUT2D eigenvalue weighted by atomic mass is 35.5. The first-order valence-electron chi connectivity index (χ1n) is 6.30. The van der Waals surface area contributed by atoms with E-state index in [1.54, 1.807) is 6.20 Å². The number of nitrogens with zero attached hydrogens (tertiary/aromatic N) is 1. The van der Waals surface area contributed by atoms with Crippen LogP contribution in [0.15, 0.2) is 36.5 Å². The van der Waals surface area contributed by atoms with Crippen molar-refractivity contribution in [1.29, 1.82) is 0 Å². The van der Waals surface area contributed by atoms with Gasteiger partial charge >= 0.3 is 0 Å². The van der Waals surface area contributed by atoms with Crippen LogP contribution in [0.5, 0.6) is 0 Å². The lowest BCUT2D eigenvalue weighted by Crippen LogP contribution is -2.29. The highest BCUT2D eigenvalue weighted by Crippen LogP contribution is 2.15. The molecule has 0 saturated heterocycles. The van der Waals surface area contributed by atoms with Gasteiger partial charge < -0.3 is 5.73 Å². The van der Waals surface area contributed by atoms with E-state index in [1.165, 1.54) is 0 Å². The summed E-state index contributed by atoms with van der Waals surface area (Å²) in [6, 6.07) is 9.23. The van der Waals surface area contributed by atoms with Gasteiger partial charge in [-0.1, -0.05) is 25.1 Å². The Labute approximate surface area is 137 Å². The van der Waals surface area contributed by atoms with Crippen LogP contribution >= 0.6 is 24.8 Å². The molecule has 1 atom stereocenters. The van der Waals surface area contributed by atoms with Gasteiger partial charge in [0.1, 0.15) is 0 Å². The Hall–Kier alpha value is -0.880. The summed E-state index contributed by atoms with van der Waals surface area (Å²) >= 11 is 0. The highest BCUT2D eigenvalue weighted by Gasteiger charge is 2.16. The van der Waals surface area contributed by atoms with Crippen LogP contribution in [0.4, 0.5) is 0 Å². The van der Waals surface area contributed by atoms with Crippen molar-refractivity contribution < 1.29 is 8.42 Å². The molecule has 21 heavy (non-hydrogen) atoms. The number of para-hydroxylation sites is 1. The number of hydrogen-bond acceptors (Lipinski definition) is 4. The van der Waals surface area contributed by atoms with Gasteiger partial charge in [0.15, 0.2) is 9.84 Å². The van der Waals surface area contributed by atoms with Crippen molar-refractivity contribution in [3.8, 4) is 0 Å². The number of benzene rings is 1. The van der Waals surface area contributed by atoms with Gasteiger partial charge in [-0.25, -0.2) is 8.42 Å². The van der Waals surface area contributed by atoms with E-state index in [-0.39, 0.29) is 42.4 Å². The average molecular weight is 351 g/mol. The van der Waals surface area contributed by atoms with E-state index in [0.717, 1.165) is 10.9 Å². The predicted octanol–water partition coefficient (Wildman–Crippen LogP) is 2.73. The summed E-state index contributed by atoms with van der Waals surface area (Å²) in [5.41, 5.74) is 7.29. The monoisotopic (exact) mass is 350 g/mol. The molecule has 0 amide bonds. The van der Waals surface area contributed by atoms with Crippen LogP contribution in [0.25, 0.3) is 10.9 Å². The second kappa shape index (κ2) is 8.54. The molecular weight excluding hydrogens is 331 g/mol. The Balaban J connectivity index is 0.00000200. The Morgan fingerprint density at radius 3 is 2.57 bits per heavy atom. The molecule has 0 unspecified atom stereocenters. The first-order chi connectivity index (χ1) is 9.00. The number of hydrogen-bond donors (Lipinski definition) is 1. The molecule has 0 aliphatic rings. The standard InChI is InChI=1S/C14H18N2O2S.2ClH/c1-2-13(15)10-19(17,18)9-11-7-12-5-3-4-6-14(12)16-8-11;;/h3-8,13H,2,9-10,15H2,1H3;2*1H/t13-;;/m0../s1. The molecule has 0 aliphatic heterocycles. The predicted molar refractivity (Wildman–Crippen MR) is 92.0 cm³/mol. The molecule has 1 aromatic heterocycles. The van der Waals surface area contributed by atoms with Gasteiger partial charge in [0.25, 0.3) is 0 Å². The van der Waals surface area contributed by atoms with Gasteiger partial charge in [-0.05, 0) is 24.1 Å². The van der Waals surface area contributed by atoms with Crippen molar-refractivity contribution in [1.82, 2.24) is 4.98 Å². The topological polar surface area (TPSA) is 73.1 Å². The van der Waals surface area contributed by atoms with E-state index < -0.39 is 9.84 Å². The zero-order valence-electron chi connectivity index (χ0n) is 11.7. The lowest BCUT2D eigenvalue weighted by Gasteiger charge is -2.10. The lowest BCUT2D eigenvalue weighted by atomic mass is 10.2. The van der Waals surface area contributed by atoms with E-state index in [1.807, 2.05) is 37.3 Å². The molecule has 0 aliphatic carbocycles. The SMILES string of the molecule is CC[C@H](N)CS(=O)(=O)Cc1cnc2ccccc2c1.Cl.Cl. The summed E-state index contributed by atoms with van der Waals surface area (Å²) in [5.74, 6) is 0.0227. The van der Waals surface area contributed by atoms with Crippen molar-refractivity contribution in [3.63, 3.8) is 0 Å². The molecule has 1 heterocycles. The number of rotatable bonds is 5. The molecule has 2 N–H and O–H groups in total. The number of sulfone groups is 1. The van der Waals surface area contributed by atoms with Crippen molar-refractivity contribution in [2.75, 3.05) is 5.75 Å². The maximum atomic E-state index is 12.0. The smallest absolute Gasteiger partial charge is 0.156 e. The third-order valence-corrected chi connectivity index (χ3v) is 4.74. The number of pyridine rings is 1. The summed E-state index contributed by atoms with van der Waals surface area (Å²) in [6.45, 7) is 1.89. The molecule has 1 aromatic carbocycles. The normalized spacial score (nSPS) is 12.3. The van der Waals surface area contributed by atoms with Gasteiger partial charge in [0.05, 0.1) is 17.0 Å². The zero-order valence-corrected chi connectivity index (χ0v) is 14.2. The molecule has 4 nitrogen and oxygen atoms in total. The summed E-state index contributed by atoms with van der Waals surface area (Å²) in [7, 11) is -3.18. The van der Waals surface area contributed by atoms with E-state index in [2.05, 4.69) is 4.98 Å². The van der Waals surface area contributed by atoms with Crippen LogP contribution in [-0.2, 0) is 15.6 Å². The third-order valence-electron chi connectivity index (χ3n) is 3.03. The fraction of sp³-hybridized carbons (Fsp3) is 0.357. The van der Waals surface area contributed by atoms with Crippen LogP contribution in [0.1, 0.15) is 18.9 Å². The van der Waals surface area contributed by atoms with Crippen molar-refractivity contribution >= 4 is 45.6 Å². The van der Waals surface area contributed by atoms with Gasteiger partial charge in [-0.2, -0.15) is 0 Å². The number of nitrogens with two attached hydrogens (primary N) is 1. The van der Waals surface area contributed by atoms with Gasteiger partial charge in [0.2, 0.25) is 0 Å². The maximum Gasteiger partial charge on any atom is 0.156 e. The largest absolute Gasteiger partial charge is 0.327 e. The van der Waals surface area contributed by atoms with Gasteiger partial charge in [-0.3, -0.25) is 4.98 Å². The minimum absolute atomic E-state index is 0. The molecule has 0 bridgehead atoms. The molecule has 0 saturated carbocycles. The van der Waals surface area contributed by atoms with E-state index in [0.29, 0.717) is 12.0 Å². The summed E-state index contributed by atoms with van der Waals surface area (Å²) in [6.07, 6.45) is 2.28. The molecule has 0 radical (unpaired) electrons. The number of aromatic nitrogens is 1. The maximum absolute atomic E-state index is 12.0. The summed E-state index contributed by atoms with van der Waals surface area (Å²) < 4.78 is 24.0. The fourth-order valence-electron chi connectivity index (χ4n) is 1.95. The lowest BCUT2D eigenvalue weighted by molar-refractivity contribution is 0.583. The number of halogens is 2. The van der Waals surface area contributed by atoms with Crippen LogP contribution in [0, 0.1) is 0 Å². The van der Waals surface area contributed by atoms with Crippen molar-refractivity contribution in [3.05, 3.63) is 42.1 Å². The minimum Gasteiger partial charge on any atom is -0.327 e. The highest BCUT2D eigenvalue weighted by molar-refractivity contribution is 7.90. The van der Waals surface area contributed by atoms with Crippen LogP contribution < -0.4 is 5.73 Å². The second-order valence-electron chi connectivity index (χ2n) is 4.76. The number of fused-ring (bicyclic) bond motifs is 1. The quantitative estimate of drug-likeness (QED) is 0.899. The molecule has 0 spiro atoms. The van der Waals surface area contributed by atoms with Crippen molar-refractivity contribution in [2.24, 2.45) is 5.73 Å². The fourth-order valence-corrected chi connectivity index (χ4v) is 3.62.